The molecule has 0 aliphatic heterocycles. The summed E-state index contributed by atoms with van der Waals surface area (Å²) < 4.78 is 19.8. The molecule has 5 nitrogen and oxygen atoms in total. The first-order valence-electron chi connectivity index (χ1n) is 9.10. The van der Waals surface area contributed by atoms with E-state index in [-0.39, 0.29) is 29.7 Å². The predicted octanol–water partition coefficient (Wildman–Crippen LogP) is 4.83. The highest BCUT2D eigenvalue weighted by Crippen LogP contribution is 2.24. The Morgan fingerprint density at radius 3 is 2.79 bits per heavy atom. The van der Waals surface area contributed by atoms with Gasteiger partial charge in [0, 0.05) is 19.3 Å². The number of thioether (sulfide) groups is 1. The monoisotopic (exact) mass is 518 g/mol. The summed E-state index contributed by atoms with van der Waals surface area (Å²) in [5, 5.41) is 6.52. The number of hydrogen-bond acceptors (Lipinski definition) is 4. The maximum Gasteiger partial charge on any atom is 0.191 e. The SMILES string of the molecule is CCNC(=NCc1ccc(Oc2cccnc2)c(F)c1)NCCCCSC.I. The molecule has 0 saturated heterocycles. The summed E-state index contributed by atoms with van der Waals surface area (Å²) in [5.41, 5.74) is 0.783. The molecular weight excluding hydrogens is 490 g/mol. The van der Waals surface area contributed by atoms with Gasteiger partial charge in [-0.1, -0.05) is 6.07 Å². The third-order valence-electron chi connectivity index (χ3n) is 3.69. The molecule has 28 heavy (non-hydrogen) atoms. The summed E-state index contributed by atoms with van der Waals surface area (Å²) in [7, 11) is 0. The standard InChI is InChI=1S/C20H27FN4OS.HI/c1-3-23-20(24-11-4-5-12-27-2)25-14-16-8-9-19(18(21)13-16)26-17-7-6-10-22-15-17;/h6-10,13,15H,3-5,11-12,14H2,1-2H3,(H2,23,24,25);1H. The van der Waals surface area contributed by atoms with Crippen molar-refractivity contribution in [3.8, 4) is 11.5 Å². The van der Waals surface area contributed by atoms with Gasteiger partial charge in [-0.3, -0.25) is 4.98 Å². The Bertz CT molecular complexity index is 719. The first-order valence-corrected chi connectivity index (χ1v) is 10.5. The van der Waals surface area contributed by atoms with Crippen molar-refractivity contribution in [2.24, 2.45) is 4.99 Å². The van der Waals surface area contributed by atoms with E-state index in [1.54, 1.807) is 30.6 Å². The lowest BCUT2D eigenvalue weighted by Gasteiger charge is -2.11. The fraction of sp³-hybridized carbons (Fsp3) is 0.400. The van der Waals surface area contributed by atoms with E-state index in [1.165, 1.54) is 18.2 Å². The number of aliphatic imine (C=N–C) groups is 1. The number of rotatable bonds is 10. The van der Waals surface area contributed by atoms with E-state index in [0.717, 1.165) is 31.0 Å². The summed E-state index contributed by atoms with van der Waals surface area (Å²) in [5.74, 6) is 2.18. The molecule has 1 aromatic heterocycles. The number of benzene rings is 1. The Morgan fingerprint density at radius 2 is 2.11 bits per heavy atom. The van der Waals surface area contributed by atoms with Crippen molar-refractivity contribution in [2.45, 2.75) is 26.3 Å². The molecule has 0 spiro atoms. The number of nitrogens with one attached hydrogen (secondary N) is 2. The molecule has 154 valence electrons. The van der Waals surface area contributed by atoms with Crippen LogP contribution in [-0.2, 0) is 6.54 Å². The van der Waals surface area contributed by atoms with Crippen LogP contribution in [0, 0.1) is 5.82 Å². The van der Waals surface area contributed by atoms with Gasteiger partial charge >= 0.3 is 0 Å². The summed E-state index contributed by atoms with van der Waals surface area (Å²) in [6, 6.07) is 8.37. The average molecular weight is 518 g/mol. The predicted molar refractivity (Wildman–Crippen MR) is 127 cm³/mol. The van der Waals surface area contributed by atoms with E-state index >= 15 is 0 Å². The van der Waals surface area contributed by atoms with E-state index in [1.807, 2.05) is 24.8 Å². The lowest BCUT2D eigenvalue weighted by Crippen LogP contribution is -2.37. The summed E-state index contributed by atoms with van der Waals surface area (Å²) in [6.45, 7) is 4.07. The van der Waals surface area contributed by atoms with Crippen molar-refractivity contribution in [1.29, 1.82) is 0 Å². The van der Waals surface area contributed by atoms with Gasteiger partial charge in [-0.2, -0.15) is 11.8 Å². The van der Waals surface area contributed by atoms with Gasteiger partial charge in [0.15, 0.2) is 17.5 Å². The number of pyridine rings is 1. The van der Waals surface area contributed by atoms with E-state index in [9.17, 15) is 4.39 Å². The molecule has 2 rings (SSSR count). The lowest BCUT2D eigenvalue weighted by atomic mass is 10.2. The highest BCUT2D eigenvalue weighted by molar-refractivity contribution is 14.0. The van der Waals surface area contributed by atoms with Crippen LogP contribution in [0.1, 0.15) is 25.3 Å². The van der Waals surface area contributed by atoms with Gasteiger partial charge in [-0.15, -0.1) is 24.0 Å². The van der Waals surface area contributed by atoms with Gasteiger partial charge in [-0.05, 0) is 61.6 Å². The van der Waals surface area contributed by atoms with Crippen LogP contribution in [0.4, 0.5) is 4.39 Å². The maximum absolute atomic E-state index is 14.3. The number of hydrogen-bond donors (Lipinski definition) is 2. The second-order valence-corrected chi connectivity index (χ2v) is 6.86. The van der Waals surface area contributed by atoms with Crippen LogP contribution in [0.5, 0.6) is 11.5 Å². The summed E-state index contributed by atoms with van der Waals surface area (Å²) in [6.07, 6.45) is 7.58. The second-order valence-electron chi connectivity index (χ2n) is 5.88. The maximum atomic E-state index is 14.3. The van der Waals surface area contributed by atoms with E-state index in [4.69, 9.17) is 4.74 Å². The zero-order valence-corrected chi connectivity index (χ0v) is 19.4. The Morgan fingerprint density at radius 1 is 1.25 bits per heavy atom. The van der Waals surface area contributed by atoms with E-state index < -0.39 is 5.82 Å². The normalized spacial score (nSPS) is 10.9. The van der Waals surface area contributed by atoms with E-state index in [2.05, 4.69) is 26.9 Å². The van der Waals surface area contributed by atoms with Crippen molar-refractivity contribution >= 4 is 41.7 Å². The number of aromatic nitrogens is 1. The number of ether oxygens (including phenoxy) is 1. The molecule has 2 aromatic rings. The average Bonchev–Trinajstić information content (AvgIpc) is 2.68. The van der Waals surface area contributed by atoms with Gasteiger partial charge in [0.05, 0.1) is 12.7 Å². The molecule has 0 fully saturated rings. The van der Waals surface area contributed by atoms with E-state index in [0.29, 0.717) is 12.3 Å². The molecule has 0 radical (unpaired) electrons. The third kappa shape index (κ3) is 9.09. The molecule has 0 amide bonds. The fourth-order valence-electron chi connectivity index (χ4n) is 2.35. The van der Waals surface area contributed by atoms with Crippen molar-refractivity contribution < 1.29 is 9.13 Å². The van der Waals surface area contributed by atoms with Crippen LogP contribution in [0.2, 0.25) is 0 Å². The number of nitrogens with zero attached hydrogens (tertiary/aromatic N) is 2. The van der Waals surface area contributed by atoms with Gasteiger partial charge in [0.2, 0.25) is 0 Å². The van der Waals surface area contributed by atoms with Crippen LogP contribution >= 0.6 is 35.7 Å². The summed E-state index contributed by atoms with van der Waals surface area (Å²) >= 11 is 1.86. The molecule has 0 atom stereocenters. The highest BCUT2D eigenvalue weighted by atomic mass is 127. The number of unbranched alkanes of at least 4 members (excludes halogenated alkanes) is 1. The van der Waals surface area contributed by atoms with Crippen LogP contribution in [0.25, 0.3) is 0 Å². The quantitative estimate of drug-likeness (QED) is 0.204. The summed E-state index contributed by atoms with van der Waals surface area (Å²) in [4.78, 5) is 8.48. The Hall–Kier alpha value is -1.55. The Kier molecular flexibility index (Phi) is 12.6. The molecular formula is C20H28FIN4OS. The fourth-order valence-corrected chi connectivity index (χ4v) is 2.84. The molecule has 1 heterocycles. The molecule has 8 heteroatoms. The first-order chi connectivity index (χ1) is 13.2. The van der Waals surface area contributed by atoms with Gasteiger partial charge in [0.25, 0.3) is 0 Å². The van der Waals surface area contributed by atoms with Gasteiger partial charge in [0.1, 0.15) is 5.75 Å². The van der Waals surface area contributed by atoms with Crippen LogP contribution < -0.4 is 15.4 Å². The Balaban J connectivity index is 0.00000392. The zero-order valence-electron chi connectivity index (χ0n) is 16.3. The topological polar surface area (TPSA) is 58.5 Å². The van der Waals surface area contributed by atoms with Crippen LogP contribution in [-0.4, -0.2) is 36.0 Å². The minimum Gasteiger partial charge on any atom is -0.453 e. The van der Waals surface area contributed by atoms with Crippen LogP contribution in [0.15, 0.2) is 47.7 Å². The second kappa shape index (κ2) is 14.4. The van der Waals surface area contributed by atoms with Crippen molar-refractivity contribution in [2.75, 3.05) is 25.1 Å². The minimum absolute atomic E-state index is 0. The Labute approximate surface area is 188 Å². The van der Waals surface area contributed by atoms with Crippen molar-refractivity contribution in [3.63, 3.8) is 0 Å². The largest absolute Gasteiger partial charge is 0.453 e. The molecule has 1 aromatic carbocycles. The molecule has 0 aliphatic rings. The van der Waals surface area contributed by atoms with Gasteiger partial charge in [-0.25, -0.2) is 9.38 Å². The van der Waals surface area contributed by atoms with Crippen molar-refractivity contribution in [3.05, 3.63) is 54.1 Å². The molecule has 0 saturated carbocycles. The highest BCUT2D eigenvalue weighted by Gasteiger charge is 2.06. The number of guanidine groups is 1. The molecule has 0 aliphatic carbocycles. The lowest BCUT2D eigenvalue weighted by molar-refractivity contribution is 0.440. The molecule has 2 N–H and O–H groups in total. The smallest absolute Gasteiger partial charge is 0.191 e. The third-order valence-corrected chi connectivity index (χ3v) is 4.39. The number of halogens is 2. The first kappa shape index (κ1) is 24.5. The van der Waals surface area contributed by atoms with Crippen molar-refractivity contribution in [1.82, 2.24) is 15.6 Å². The van der Waals surface area contributed by atoms with Crippen LogP contribution in [0.3, 0.4) is 0 Å². The minimum atomic E-state index is -0.415. The van der Waals surface area contributed by atoms with Gasteiger partial charge < -0.3 is 15.4 Å². The zero-order chi connectivity index (χ0) is 19.3. The molecule has 0 bridgehead atoms. The molecule has 0 unspecified atom stereocenters.